The molecule has 0 saturated heterocycles. The molecule has 0 fully saturated rings. The molecule has 19 heavy (non-hydrogen) atoms. The fourth-order valence-electron chi connectivity index (χ4n) is 1.91. The standard InChI is InChI=1S/C12H14F2N4O/c13-9-5-8(6-10(14)7-9)11-1-3-17-18(11)12(19)16-4-2-15/h3,5-7,11H,1-2,4,15H2,(H,16,19)/t11-/m0/s1. The van der Waals surface area contributed by atoms with Crippen LogP contribution in [0, 0.1) is 11.6 Å². The smallest absolute Gasteiger partial charge is 0.335 e. The largest absolute Gasteiger partial charge is 0.338 e. The van der Waals surface area contributed by atoms with Crippen molar-refractivity contribution >= 4 is 12.2 Å². The molecular formula is C12H14F2N4O. The van der Waals surface area contributed by atoms with Crippen LogP contribution in [0.5, 0.6) is 0 Å². The lowest BCUT2D eigenvalue weighted by molar-refractivity contribution is 0.186. The number of nitrogens with one attached hydrogen (secondary N) is 1. The number of carbonyl (C=O) groups is 1. The van der Waals surface area contributed by atoms with Gasteiger partial charge in [-0.2, -0.15) is 5.10 Å². The van der Waals surface area contributed by atoms with E-state index in [-0.39, 0.29) is 0 Å². The number of hydrogen-bond donors (Lipinski definition) is 2. The van der Waals surface area contributed by atoms with Gasteiger partial charge in [0.2, 0.25) is 0 Å². The number of amides is 2. The fourth-order valence-corrected chi connectivity index (χ4v) is 1.91. The number of nitrogens with two attached hydrogens (primary N) is 1. The van der Waals surface area contributed by atoms with Crippen molar-refractivity contribution in [3.63, 3.8) is 0 Å². The number of hydrazone groups is 1. The molecule has 1 aliphatic rings. The lowest BCUT2D eigenvalue weighted by Gasteiger charge is -2.22. The third-order valence-electron chi connectivity index (χ3n) is 2.73. The molecule has 0 radical (unpaired) electrons. The van der Waals surface area contributed by atoms with E-state index < -0.39 is 23.7 Å². The molecule has 1 aromatic rings. The summed E-state index contributed by atoms with van der Waals surface area (Å²) in [5, 5.41) is 7.65. The summed E-state index contributed by atoms with van der Waals surface area (Å²) in [4.78, 5) is 11.8. The van der Waals surface area contributed by atoms with Gasteiger partial charge in [0.1, 0.15) is 11.6 Å². The van der Waals surface area contributed by atoms with Gasteiger partial charge in [0.15, 0.2) is 0 Å². The Morgan fingerprint density at radius 3 is 2.74 bits per heavy atom. The number of rotatable bonds is 3. The van der Waals surface area contributed by atoms with Crippen molar-refractivity contribution in [2.75, 3.05) is 13.1 Å². The normalized spacial score (nSPS) is 17.8. The van der Waals surface area contributed by atoms with E-state index in [9.17, 15) is 13.6 Å². The molecule has 1 aliphatic heterocycles. The van der Waals surface area contributed by atoms with Gasteiger partial charge in [-0.1, -0.05) is 0 Å². The summed E-state index contributed by atoms with van der Waals surface area (Å²) >= 11 is 0. The highest BCUT2D eigenvalue weighted by Crippen LogP contribution is 2.29. The van der Waals surface area contributed by atoms with Crippen molar-refractivity contribution in [1.29, 1.82) is 0 Å². The molecule has 0 spiro atoms. The molecular weight excluding hydrogens is 254 g/mol. The van der Waals surface area contributed by atoms with Crippen LogP contribution in [0.1, 0.15) is 18.0 Å². The molecule has 0 aromatic heterocycles. The van der Waals surface area contributed by atoms with Gasteiger partial charge in [-0.3, -0.25) is 0 Å². The Morgan fingerprint density at radius 2 is 2.11 bits per heavy atom. The van der Waals surface area contributed by atoms with Crippen LogP contribution in [0.2, 0.25) is 0 Å². The van der Waals surface area contributed by atoms with Crippen molar-refractivity contribution in [3.8, 4) is 0 Å². The molecule has 1 aromatic carbocycles. The highest BCUT2D eigenvalue weighted by molar-refractivity contribution is 5.78. The molecule has 0 bridgehead atoms. The lowest BCUT2D eigenvalue weighted by atomic mass is 10.0. The first-order chi connectivity index (χ1) is 9.11. The Kier molecular flexibility index (Phi) is 4.06. The van der Waals surface area contributed by atoms with Crippen LogP contribution in [-0.2, 0) is 0 Å². The lowest BCUT2D eigenvalue weighted by Crippen LogP contribution is -2.39. The average molecular weight is 268 g/mol. The Labute approximate surface area is 109 Å². The van der Waals surface area contributed by atoms with Crippen LogP contribution in [0.15, 0.2) is 23.3 Å². The van der Waals surface area contributed by atoms with Gasteiger partial charge in [-0.05, 0) is 17.7 Å². The minimum Gasteiger partial charge on any atom is -0.335 e. The maximum Gasteiger partial charge on any atom is 0.338 e. The van der Waals surface area contributed by atoms with Crippen LogP contribution >= 0.6 is 0 Å². The zero-order chi connectivity index (χ0) is 13.8. The fraction of sp³-hybridized carbons (Fsp3) is 0.333. The van der Waals surface area contributed by atoms with Crippen LogP contribution < -0.4 is 11.1 Å². The van der Waals surface area contributed by atoms with Gasteiger partial charge in [-0.15, -0.1) is 0 Å². The first-order valence-corrected chi connectivity index (χ1v) is 5.87. The van der Waals surface area contributed by atoms with Gasteiger partial charge < -0.3 is 11.1 Å². The van der Waals surface area contributed by atoms with E-state index >= 15 is 0 Å². The number of urea groups is 1. The summed E-state index contributed by atoms with van der Waals surface area (Å²) in [6.45, 7) is 0.623. The Bertz CT molecular complexity index is 486. The number of nitrogens with zero attached hydrogens (tertiary/aromatic N) is 2. The molecule has 2 rings (SSSR count). The van der Waals surface area contributed by atoms with Crippen LogP contribution in [0.3, 0.4) is 0 Å². The minimum absolute atomic E-state index is 0.308. The van der Waals surface area contributed by atoms with Crippen LogP contribution in [-0.4, -0.2) is 30.3 Å². The Morgan fingerprint density at radius 1 is 1.42 bits per heavy atom. The summed E-state index contributed by atoms with van der Waals surface area (Å²) in [7, 11) is 0. The van der Waals surface area contributed by atoms with Gasteiger partial charge in [0.05, 0.1) is 6.04 Å². The van der Waals surface area contributed by atoms with Crippen molar-refractivity contribution < 1.29 is 13.6 Å². The topological polar surface area (TPSA) is 70.7 Å². The van der Waals surface area contributed by atoms with E-state index in [1.165, 1.54) is 23.4 Å². The van der Waals surface area contributed by atoms with Crippen LogP contribution in [0.25, 0.3) is 0 Å². The first-order valence-electron chi connectivity index (χ1n) is 5.87. The summed E-state index contributed by atoms with van der Waals surface area (Å²) in [6, 6.07) is 2.26. The van der Waals surface area contributed by atoms with Crippen molar-refractivity contribution in [1.82, 2.24) is 10.3 Å². The van der Waals surface area contributed by atoms with Gasteiger partial charge >= 0.3 is 6.03 Å². The van der Waals surface area contributed by atoms with E-state index in [1.807, 2.05) is 0 Å². The maximum absolute atomic E-state index is 13.2. The monoisotopic (exact) mass is 268 g/mol. The zero-order valence-corrected chi connectivity index (χ0v) is 10.1. The molecule has 0 aliphatic carbocycles. The molecule has 3 N–H and O–H groups in total. The van der Waals surface area contributed by atoms with Gasteiger partial charge in [0.25, 0.3) is 0 Å². The highest BCUT2D eigenvalue weighted by atomic mass is 19.1. The van der Waals surface area contributed by atoms with Crippen molar-refractivity contribution in [3.05, 3.63) is 35.4 Å². The number of carbonyl (C=O) groups excluding carboxylic acids is 1. The van der Waals surface area contributed by atoms with Gasteiger partial charge in [0, 0.05) is 31.8 Å². The summed E-state index contributed by atoms with van der Waals surface area (Å²) in [5.41, 5.74) is 5.66. The molecule has 102 valence electrons. The molecule has 2 amide bonds. The second-order valence-electron chi connectivity index (χ2n) is 4.12. The molecule has 1 heterocycles. The highest BCUT2D eigenvalue weighted by Gasteiger charge is 2.28. The number of benzene rings is 1. The first kappa shape index (κ1) is 13.4. The third-order valence-corrected chi connectivity index (χ3v) is 2.73. The van der Waals surface area contributed by atoms with E-state index in [1.54, 1.807) is 0 Å². The van der Waals surface area contributed by atoms with Gasteiger partial charge in [-0.25, -0.2) is 18.6 Å². The number of halogens is 2. The SMILES string of the molecule is NCCNC(=O)N1N=CC[C@H]1c1cc(F)cc(F)c1. The minimum atomic E-state index is -0.677. The van der Waals surface area contributed by atoms with Crippen molar-refractivity contribution in [2.45, 2.75) is 12.5 Å². The van der Waals surface area contributed by atoms with Crippen LogP contribution in [0.4, 0.5) is 13.6 Å². The summed E-state index contributed by atoms with van der Waals surface area (Å²) in [6.07, 6.45) is 1.95. The Hall–Kier alpha value is -2.02. The van der Waals surface area contributed by atoms with E-state index in [0.29, 0.717) is 25.1 Å². The predicted molar refractivity (Wildman–Crippen MR) is 66.5 cm³/mol. The maximum atomic E-state index is 13.2. The quantitative estimate of drug-likeness (QED) is 0.869. The molecule has 7 heteroatoms. The molecule has 5 nitrogen and oxygen atoms in total. The zero-order valence-electron chi connectivity index (χ0n) is 10.1. The van der Waals surface area contributed by atoms with E-state index in [2.05, 4.69) is 10.4 Å². The molecule has 0 saturated carbocycles. The van der Waals surface area contributed by atoms with E-state index in [0.717, 1.165) is 6.07 Å². The average Bonchev–Trinajstić information content (AvgIpc) is 2.84. The predicted octanol–water partition coefficient (Wildman–Crippen LogP) is 1.37. The second-order valence-corrected chi connectivity index (χ2v) is 4.12. The summed E-state index contributed by atoms with van der Waals surface area (Å²) < 4.78 is 26.4. The second kappa shape index (κ2) is 5.75. The third kappa shape index (κ3) is 3.05. The van der Waals surface area contributed by atoms with E-state index in [4.69, 9.17) is 5.73 Å². The summed E-state index contributed by atoms with van der Waals surface area (Å²) in [5.74, 6) is -1.35. The Balaban J connectivity index is 2.17. The van der Waals surface area contributed by atoms with Crippen molar-refractivity contribution in [2.24, 2.45) is 10.8 Å². The molecule has 0 unspecified atom stereocenters. The molecule has 1 atom stereocenters. The number of hydrogen-bond acceptors (Lipinski definition) is 3.